The van der Waals surface area contributed by atoms with Crippen LogP contribution in [0.4, 0.5) is 0 Å². The van der Waals surface area contributed by atoms with Crippen molar-refractivity contribution < 1.29 is 9.53 Å². The number of rotatable bonds is 4. The first-order valence-corrected chi connectivity index (χ1v) is 4.59. The molecule has 0 amide bonds. The molecule has 0 aromatic carbocycles. The van der Waals surface area contributed by atoms with Crippen LogP contribution in [0.2, 0.25) is 0 Å². The molecule has 0 fully saturated rings. The van der Waals surface area contributed by atoms with Gasteiger partial charge in [0.15, 0.2) is 0 Å². The molecule has 0 aliphatic heterocycles. The van der Waals surface area contributed by atoms with Crippen molar-refractivity contribution in [3.8, 4) is 0 Å². The molecule has 0 saturated carbocycles. The van der Waals surface area contributed by atoms with Gasteiger partial charge in [0, 0.05) is 6.42 Å². The summed E-state index contributed by atoms with van der Waals surface area (Å²) < 4.78 is 5.26. The maximum Gasteiger partial charge on any atom is 0.306 e. The second-order valence-electron chi connectivity index (χ2n) is 4.19. The minimum Gasteiger partial charge on any atom is -0.460 e. The van der Waals surface area contributed by atoms with Gasteiger partial charge in [-0.1, -0.05) is 20.8 Å². The van der Waals surface area contributed by atoms with Crippen LogP contribution in [0.1, 0.15) is 47.5 Å². The Hall–Kier alpha value is -0.530. The largest absolute Gasteiger partial charge is 0.460 e. The Bertz CT molecular complexity index is 148. The molecule has 0 heterocycles. The molecular formula is C10H20O2. The average Bonchev–Trinajstić information content (AvgIpc) is 1.84. The van der Waals surface area contributed by atoms with E-state index in [9.17, 15) is 4.79 Å². The SMILES string of the molecule is CCC(C)(C)OC(=O)CC(C)C. The summed E-state index contributed by atoms with van der Waals surface area (Å²) in [5.74, 6) is 0.294. The van der Waals surface area contributed by atoms with Crippen LogP contribution >= 0.6 is 0 Å². The van der Waals surface area contributed by atoms with Gasteiger partial charge in [-0.15, -0.1) is 0 Å². The minimum atomic E-state index is -0.300. The molecule has 0 rings (SSSR count). The van der Waals surface area contributed by atoms with Gasteiger partial charge in [-0.05, 0) is 26.2 Å². The fraction of sp³-hybridized carbons (Fsp3) is 0.900. The quantitative estimate of drug-likeness (QED) is 0.609. The number of carbonyl (C=O) groups is 1. The molecule has 2 heteroatoms. The van der Waals surface area contributed by atoms with Gasteiger partial charge in [0.2, 0.25) is 0 Å². The summed E-state index contributed by atoms with van der Waals surface area (Å²) >= 11 is 0. The first kappa shape index (κ1) is 11.5. The van der Waals surface area contributed by atoms with E-state index < -0.39 is 0 Å². The summed E-state index contributed by atoms with van der Waals surface area (Å²) in [6.45, 7) is 9.92. The summed E-state index contributed by atoms with van der Waals surface area (Å²) in [6, 6.07) is 0. The van der Waals surface area contributed by atoms with E-state index in [0.29, 0.717) is 12.3 Å². The molecule has 12 heavy (non-hydrogen) atoms. The van der Waals surface area contributed by atoms with Crippen molar-refractivity contribution in [2.24, 2.45) is 5.92 Å². The molecule has 2 nitrogen and oxygen atoms in total. The van der Waals surface area contributed by atoms with E-state index in [1.165, 1.54) is 0 Å². The molecule has 0 bridgehead atoms. The number of esters is 1. The highest BCUT2D eigenvalue weighted by Gasteiger charge is 2.20. The van der Waals surface area contributed by atoms with E-state index in [1.807, 2.05) is 34.6 Å². The van der Waals surface area contributed by atoms with E-state index in [0.717, 1.165) is 6.42 Å². The molecule has 0 unspecified atom stereocenters. The lowest BCUT2D eigenvalue weighted by Gasteiger charge is -2.23. The van der Waals surface area contributed by atoms with Crippen LogP contribution in [0, 0.1) is 5.92 Å². The Balaban J connectivity index is 3.84. The summed E-state index contributed by atoms with van der Waals surface area (Å²) in [7, 11) is 0. The fourth-order valence-corrected chi connectivity index (χ4v) is 0.755. The van der Waals surface area contributed by atoms with E-state index in [-0.39, 0.29) is 11.6 Å². The monoisotopic (exact) mass is 172 g/mol. The Labute approximate surface area is 75.3 Å². The average molecular weight is 172 g/mol. The van der Waals surface area contributed by atoms with Crippen molar-refractivity contribution in [1.82, 2.24) is 0 Å². The van der Waals surface area contributed by atoms with Gasteiger partial charge in [-0.2, -0.15) is 0 Å². The predicted octanol–water partition coefficient (Wildman–Crippen LogP) is 2.76. The highest BCUT2D eigenvalue weighted by atomic mass is 16.6. The Morgan fingerprint density at radius 1 is 1.42 bits per heavy atom. The highest BCUT2D eigenvalue weighted by Crippen LogP contribution is 2.15. The second kappa shape index (κ2) is 4.48. The van der Waals surface area contributed by atoms with Crippen LogP contribution in [-0.4, -0.2) is 11.6 Å². The molecule has 72 valence electrons. The third-order valence-electron chi connectivity index (χ3n) is 1.82. The number of hydrogen-bond acceptors (Lipinski definition) is 2. The molecule has 0 aliphatic carbocycles. The van der Waals surface area contributed by atoms with Crippen LogP contribution in [0.3, 0.4) is 0 Å². The number of hydrogen-bond donors (Lipinski definition) is 0. The Morgan fingerprint density at radius 3 is 2.25 bits per heavy atom. The standard InChI is InChI=1S/C10H20O2/c1-6-10(4,5)12-9(11)7-8(2)3/h8H,6-7H2,1-5H3. The fourth-order valence-electron chi connectivity index (χ4n) is 0.755. The van der Waals surface area contributed by atoms with Crippen LogP contribution in [0.25, 0.3) is 0 Å². The molecule has 0 aromatic rings. The maximum atomic E-state index is 11.2. The minimum absolute atomic E-state index is 0.0862. The van der Waals surface area contributed by atoms with Crippen molar-refractivity contribution in [2.75, 3.05) is 0 Å². The summed E-state index contributed by atoms with van der Waals surface area (Å²) in [6.07, 6.45) is 1.38. The summed E-state index contributed by atoms with van der Waals surface area (Å²) in [4.78, 5) is 11.2. The van der Waals surface area contributed by atoms with Gasteiger partial charge in [0.1, 0.15) is 5.60 Å². The zero-order chi connectivity index (χ0) is 9.78. The molecular weight excluding hydrogens is 152 g/mol. The van der Waals surface area contributed by atoms with Gasteiger partial charge in [-0.3, -0.25) is 4.79 Å². The van der Waals surface area contributed by atoms with Crippen molar-refractivity contribution >= 4 is 5.97 Å². The van der Waals surface area contributed by atoms with Crippen LogP contribution in [0.5, 0.6) is 0 Å². The van der Waals surface area contributed by atoms with Gasteiger partial charge in [0.25, 0.3) is 0 Å². The molecule has 0 radical (unpaired) electrons. The molecule has 0 spiro atoms. The van der Waals surface area contributed by atoms with Crippen LogP contribution < -0.4 is 0 Å². The van der Waals surface area contributed by atoms with Gasteiger partial charge in [-0.25, -0.2) is 0 Å². The normalized spacial score (nSPS) is 11.8. The first-order valence-electron chi connectivity index (χ1n) is 4.59. The Kier molecular flexibility index (Phi) is 4.29. The third kappa shape index (κ3) is 5.16. The summed E-state index contributed by atoms with van der Waals surface area (Å²) in [5.41, 5.74) is -0.300. The van der Waals surface area contributed by atoms with Crippen molar-refractivity contribution in [3.05, 3.63) is 0 Å². The summed E-state index contributed by atoms with van der Waals surface area (Å²) in [5, 5.41) is 0. The lowest BCUT2D eigenvalue weighted by molar-refractivity contribution is -0.157. The lowest BCUT2D eigenvalue weighted by Crippen LogP contribution is -2.27. The molecule has 0 saturated heterocycles. The first-order chi connectivity index (χ1) is 5.37. The van der Waals surface area contributed by atoms with Crippen LogP contribution in [0.15, 0.2) is 0 Å². The van der Waals surface area contributed by atoms with Crippen molar-refractivity contribution in [2.45, 2.75) is 53.1 Å². The molecule has 0 aliphatic rings. The second-order valence-corrected chi connectivity index (χ2v) is 4.19. The maximum absolute atomic E-state index is 11.2. The molecule has 0 atom stereocenters. The van der Waals surface area contributed by atoms with Crippen molar-refractivity contribution in [1.29, 1.82) is 0 Å². The van der Waals surface area contributed by atoms with E-state index >= 15 is 0 Å². The predicted molar refractivity (Wildman–Crippen MR) is 49.9 cm³/mol. The zero-order valence-electron chi connectivity index (χ0n) is 8.81. The topological polar surface area (TPSA) is 26.3 Å². The highest BCUT2D eigenvalue weighted by molar-refractivity contribution is 5.70. The lowest BCUT2D eigenvalue weighted by atomic mass is 10.1. The van der Waals surface area contributed by atoms with Gasteiger partial charge < -0.3 is 4.74 Å². The van der Waals surface area contributed by atoms with E-state index in [1.54, 1.807) is 0 Å². The zero-order valence-corrected chi connectivity index (χ0v) is 8.81. The van der Waals surface area contributed by atoms with Crippen molar-refractivity contribution in [3.63, 3.8) is 0 Å². The number of ether oxygens (including phenoxy) is 1. The number of carbonyl (C=O) groups excluding carboxylic acids is 1. The van der Waals surface area contributed by atoms with Gasteiger partial charge >= 0.3 is 5.97 Å². The molecule has 0 N–H and O–H groups in total. The Morgan fingerprint density at radius 2 is 1.92 bits per heavy atom. The van der Waals surface area contributed by atoms with E-state index in [4.69, 9.17) is 4.74 Å². The van der Waals surface area contributed by atoms with E-state index in [2.05, 4.69) is 0 Å². The van der Waals surface area contributed by atoms with Gasteiger partial charge in [0.05, 0.1) is 0 Å². The van der Waals surface area contributed by atoms with Crippen LogP contribution in [-0.2, 0) is 9.53 Å². The third-order valence-corrected chi connectivity index (χ3v) is 1.82. The molecule has 0 aromatic heterocycles. The smallest absolute Gasteiger partial charge is 0.306 e.